The van der Waals surface area contributed by atoms with Crippen molar-refractivity contribution in [1.29, 1.82) is 0 Å². The lowest BCUT2D eigenvalue weighted by atomic mass is 10.2. The summed E-state index contributed by atoms with van der Waals surface area (Å²) in [5, 5.41) is 12.0. The van der Waals surface area contributed by atoms with Gasteiger partial charge in [0.15, 0.2) is 11.0 Å². The predicted octanol–water partition coefficient (Wildman–Crippen LogP) is 2.81. The Morgan fingerprint density at radius 1 is 1.31 bits per heavy atom. The van der Waals surface area contributed by atoms with E-state index in [2.05, 4.69) is 15.5 Å². The molecule has 138 valence electrons. The molecule has 2 fully saturated rings. The van der Waals surface area contributed by atoms with E-state index in [-0.39, 0.29) is 29.6 Å². The van der Waals surface area contributed by atoms with Crippen LogP contribution in [0.5, 0.6) is 0 Å². The fourth-order valence-electron chi connectivity index (χ4n) is 3.08. The fraction of sp³-hybridized carbons (Fsp3) is 0.500. The molecule has 0 unspecified atom stereocenters. The third-order valence-corrected chi connectivity index (χ3v) is 5.52. The number of nitrogens with zero attached hydrogens (tertiary/aromatic N) is 3. The van der Waals surface area contributed by atoms with E-state index in [4.69, 9.17) is 4.74 Å². The van der Waals surface area contributed by atoms with E-state index >= 15 is 0 Å². The second-order valence-electron chi connectivity index (χ2n) is 6.61. The zero-order valence-electron chi connectivity index (χ0n) is 14.4. The van der Waals surface area contributed by atoms with Gasteiger partial charge in [-0.2, -0.15) is 0 Å². The van der Waals surface area contributed by atoms with Crippen molar-refractivity contribution in [2.24, 2.45) is 0 Å². The molecule has 8 heteroatoms. The van der Waals surface area contributed by atoms with E-state index in [9.17, 15) is 9.18 Å². The van der Waals surface area contributed by atoms with Gasteiger partial charge in [0.25, 0.3) is 0 Å². The zero-order chi connectivity index (χ0) is 17.9. The van der Waals surface area contributed by atoms with Gasteiger partial charge in [-0.25, -0.2) is 4.39 Å². The number of amides is 1. The Bertz CT molecular complexity index is 787. The normalized spacial score (nSPS) is 19.7. The number of ether oxygens (including phenoxy) is 1. The minimum absolute atomic E-state index is 0.0525. The summed E-state index contributed by atoms with van der Waals surface area (Å²) < 4.78 is 21.6. The number of hydrogen-bond donors (Lipinski definition) is 1. The summed E-state index contributed by atoms with van der Waals surface area (Å²) in [5.41, 5.74) is 0.446. The molecule has 1 amide bonds. The third-order valence-electron chi connectivity index (χ3n) is 4.57. The average molecular weight is 376 g/mol. The van der Waals surface area contributed by atoms with Gasteiger partial charge in [-0.15, -0.1) is 10.2 Å². The van der Waals surface area contributed by atoms with Crippen molar-refractivity contribution in [3.05, 3.63) is 30.1 Å². The Morgan fingerprint density at radius 3 is 2.88 bits per heavy atom. The molecule has 1 aromatic carbocycles. The Hall–Kier alpha value is -1.93. The highest BCUT2D eigenvalue weighted by atomic mass is 32.2. The van der Waals surface area contributed by atoms with Gasteiger partial charge in [0.2, 0.25) is 5.91 Å². The molecule has 1 saturated carbocycles. The first kappa shape index (κ1) is 17.5. The quantitative estimate of drug-likeness (QED) is 0.753. The van der Waals surface area contributed by atoms with Gasteiger partial charge in [0.05, 0.1) is 17.4 Å². The number of thioether (sulfide) groups is 1. The molecule has 4 rings (SSSR count). The minimum atomic E-state index is -0.312. The van der Waals surface area contributed by atoms with Crippen LogP contribution < -0.4 is 5.32 Å². The topological polar surface area (TPSA) is 69.0 Å². The van der Waals surface area contributed by atoms with Crippen LogP contribution >= 0.6 is 11.8 Å². The van der Waals surface area contributed by atoms with Crippen molar-refractivity contribution >= 4 is 17.7 Å². The summed E-state index contributed by atoms with van der Waals surface area (Å²) in [6, 6.07) is 6.87. The average Bonchev–Trinajstić information content (AvgIpc) is 3.18. The van der Waals surface area contributed by atoms with E-state index in [0.29, 0.717) is 23.1 Å². The molecule has 1 aliphatic heterocycles. The highest BCUT2D eigenvalue weighted by Crippen LogP contribution is 2.41. The van der Waals surface area contributed by atoms with Crippen LogP contribution in [0.2, 0.25) is 0 Å². The van der Waals surface area contributed by atoms with Gasteiger partial charge in [0, 0.05) is 19.2 Å². The van der Waals surface area contributed by atoms with Gasteiger partial charge >= 0.3 is 0 Å². The first-order valence-electron chi connectivity index (χ1n) is 8.93. The molecular weight excluding hydrogens is 355 g/mol. The Kier molecular flexibility index (Phi) is 5.21. The van der Waals surface area contributed by atoms with Gasteiger partial charge in [-0.1, -0.05) is 23.9 Å². The Labute approximate surface area is 155 Å². The minimum Gasteiger partial charge on any atom is -0.376 e. The molecule has 0 bridgehead atoms. The zero-order valence-corrected chi connectivity index (χ0v) is 15.2. The number of rotatable bonds is 7. The molecule has 2 heterocycles. The second kappa shape index (κ2) is 7.75. The monoisotopic (exact) mass is 376 g/mol. The SMILES string of the molecule is O=C(CSc1nnc(-c2ccccc2F)n1C1CC1)NC[C@@H]1CCCO1. The molecule has 6 nitrogen and oxygen atoms in total. The summed E-state index contributed by atoms with van der Waals surface area (Å²) in [6.07, 6.45) is 4.23. The first-order chi connectivity index (χ1) is 12.7. The molecule has 26 heavy (non-hydrogen) atoms. The van der Waals surface area contributed by atoms with Crippen molar-refractivity contribution in [3.8, 4) is 11.4 Å². The van der Waals surface area contributed by atoms with Crippen molar-refractivity contribution in [3.63, 3.8) is 0 Å². The van der Waals surface area contributed by atoms with Crippen LogP contribution in [0, 0.1) is 5.82 Å². The molecule has 2 aromatic rings. The molecule has 0 radical (unpaired) electrons. The highest BCUT2D eigenvalue weighted by Gasteiger charge is 2.31. The van der Waals surface area contributed by atoms with E-state index in [1.165, 1.54) is 17.8 Å². The lowest BCUT2D eigenvalue weighted by Gasteiger charge is -2.11. The molecule has 1 saturated heterocycles. The molecule has 0 spiro atoms. The van der Waals surface area contributed by atoms with Crippen LogP contribution in [0.3, 0.4) is 0 Å². The number of nitrogens with one attached hydrogen (secondary N) is 1. The van der Waals surface area contributed by atoms with Crippen molar-refractivity contribution in [2.75, 3.05) is 18.9 Å². The molecule has 1 N–H and O–H groups in total. The third kappa shape index (κ3) is 3.91. The second-order valence-corrected chi connectivity index (χ2v) is 7.56. The largest absolute Gasteiger partial charge is 0.376 e. The Morgan fingerprint density at radius 2 is 2.15 bits per heavy atom. The van der Waals surface area contributed by atoms with Gasteiger partial charge in [-0.05, 0) is 37.8 Å². The van der Waals surface area contributed by atoms with Crippen molar-refractivity contribution in [2.45, 2.75) is 43.0 Å². The number of aromatic nitrogens is 3. The van der Waals surface area contributed by atoms with Crippen LogP contribution in [0.25, 0.3) is 11.4 Å². The summed E-state index contributed by atoms with van der Waals surface area (Å²) in [6.45, 7) is 1.33. The van der Waals surface area contributed by atoms with Crippen molar-refractivity contribution < 1.29 is 13.9 Å². The molecule has 1 aliphatic carbocycles. The molecule has 1 aromatic heterocycles. The van der Waals surface area contributed by atoms with Crippen LogP contribution in [-0.2, 0) is 9.53 Å². The lowest BCUT2D eigenvalue weighted by molar-refractivity contribution is -0.119. The number of halogens is 1. The van der Waals surface area contributed by atoms with Crippen molar-refractivity contribution in [1.82, 2.24) is 20.1 Å². The summed E-state index contributed by atoms with van der Waals surface area (Å²) >= 11 is 1.34. The maximum absolute atomic E-state index is 14.1. The number of benzene rings is 1. The van der Waals surface area contributed by atoms with Gasteiger partial charge in [-0.3, -0.25) is 9.36 Å². The van der Waals surface area contributed by atoms with E-state index in [1.807, 2.05) is 4.57 Å². The first-order valence-corrected chi connectivity index (χ1v) is 9.92. The number of hydrogen-bond acceptors (Lipinski definition) is 5. The van der Waals surface area contributed by atoms with Gasteiger partial charge in [0.1, 0.15) is 5.82 Å². The maximum Gasteiger partial charge on any atom is 0.230 e. The fourth-order valence-corrected chi connectivity index (χ4v) is 3.91. The summed E-state index contributed by atoms with van der Waals surface area (Å²) in [7, 11) is 0. The summed E-state index contributed by atoms with van der Waals surface area (Å²) in [5.74, 6) is 0.429. The Balaban J connectivity index is 1.42. The van der Waals surface area contributed by atoms with Crippen LogP contribution in [-0.4, -0.2) is 45.7 Å². The summed E-state index contributed by atoms with van der Waals surface area (Å²) in [4.78, 5) is 12.1. The molecule has 1 atom stereocenters. The molecule has 2 aliphatic rings. The molecular formula is C18H21FN4O2S. The predicted molar refractivity (Wildman–Crippen MR) is 96.4 cm³/mol. The van der Waals surface area contributed by atoms with E-state index < -0.39 is 0 Å². The van der Waals surface area contributed by atoms with Crippen LogP contribution in [0.15, 0.2) is 29.4 Å². The smallest absolute Gasteiger partial charge is 0.230 e. The van der Waals surface area contributed by atoms with Gasteiger partial charge < -0.3 is 10.1 Å². The maximum atomic E-state index is 14.1. The van der Waals surface area contributed by atoms with E-state index in [0.717, 1.165) is 32.3 Å². The number of carbonyl (C=O) groups excluding carboxylic acids is 1. The highest BCUT2D eigenvalue weighted by molar-refractivity contribution is 7.99. The lowest BCUT2D eigenvalue weighted by Crippen LogP contribution is -2.32. The van der Waals surface area contributed by atoms with Crippen LogP contribution in [0.4, 0.5) is 4.39 Å². The van der Waals surface area contributed by atoms with E-state index in [1.54, 1.807) is 18.2 Å². The standard InChI is InChI=1S/C18H21FN4O2S/c19-15-6-2-1-5-14(15)17-21-22-18(23(17)12-7-8-12)26-11-16(24)20-10-13-4-3-9-25-13/h1-2,5-6,12-13H,3-4,7-11H2,(H,20,24)/t13-/m0/s1. The number of carbonyl (C=O) groups is 1. The van der Waals surface area contributed by atoms with Crippen LogP contribution in [0.1, 0.15) is 31.7 Å².